The molecule has 0 saturated carbocycles. The van der Waals surface area contributed by atoms with E-state index in [0.29, 0.717) is 0 Å². The summed E-state index contributed by atoms with van der Waals surface area (Å²) in [6, 6.07) is 8.34. The van der Waals surface area contributed by atoms with Crippen LogP contribution in [0.4, 0.5) is 0 Å². The maximum absolute atomic E-state index is 4.57. The molecule has 0 bridgehead atoms. The monoisotopic (exact) mass is 380 g/mol. The number of nitrogens with one attached hydrogen (secondary N) is 3. The van der Waals surface area contributed by atoms with Gasteiger partial charge in [-0.15, -0.1) is 0 Å². The van der Waals surface area contributed by atoms with Gasteiger partial charge in [0.15, 0.2) is 0 Å². The van der Waals surface area contributed by atoms with E-state index in [-0.39, 0.29) is 0 Å². The number of imidazole rings is 1. The van der Waals surface area contributed by atoms with Crippen molar-refractivity contribution in [2.24, 2.45) is 0 Å². The number of hydrogen-bond acceptors (Lipinski definition) is 4. The predicted octanol–water partition coefficient (Wildman–Crippen LogP) is 3.99. The SMILES string of the molecule is Cc1cn(-c2cncc3[nH]c(-c4n[nH]c5ccc(-c6cn[nH]c6)cc45)cc23)cn1. The number of nitrogens with zero attached hydrogens (tertiary/aromatic N) is 5. The fourth-order valence-corrected chi connectivity index (χ4v) is 3.73. The first kappa shape index (κ1) is 15.8. The molecule has 6 rings (SSSR count). The van der Waals surface area contributed by atoms with Crippen molar-refractivity contribution in [3.8, 4) is 28.2 Å². The molecule has 140 valence electrons. The van der Waals surface area contributed by atoms with Crippen LogP contribution >= 0.6 is 0 Å². The number of rotatable bonds is 3. The lowest BCUT2D eigenvalue weighted by molar-refractivity contribution is 1.05. The Morgan fingerprint density at radius 3 is 2.76 bits per heavy atom. The van der Waals surface area contributed by atoms with Crippen molar-refractivity contribution in [1.29, 1.82) is 0 Å². The molecule has 0 aliphatic carbocycles. The fraction of sp³-hybridized carbons (Fsp3) is 0.0476. The number of aromatic amines is 3. The molecular formula is C21H16N8. The van der Waals surface area contributed by atoms with Crippen molar-refractivity contribution in [3.05, 3.63) is 67.3 Å². The summed E-state index contributed by atoms with van der Waals surface area (Å²) in [6.45, 7) is 1.97. The summed E-state index contributed by atoms with van der Waals surface area (Å²) in [7, 11) is 0. The summed E-state index contributed by atoms with van der Waals surface area (Å²) in [4.78, 5) is 12.2. The Hall–Kier alpha value is -4.20. The molecular weight excluding hydrogens is 364 g/mol. The molecule has 0 fully saturated rings. The lowest BCUT2D eigenvalue weighted by atomic mass is 10.1. The van der Waals surface area contributed by atoms with Gasteiger partial charge in [0.05, 0.1) is 53.0 Å². The molecule has 0 saturated heterocycles. The van der Waals surface area contributed by atoms with Crippen LogP contribution in [0.3, 0.4) is 0 Å². The van der Waals surface area contributed by atoms with Crippen LogP contribution < -0.4 is 0 Å². The summed E-state index contributed by atoms with van der Waals surface area (Å²) in [5, 5.41) is 16.7. The number of aromatic nitrogens is 8. The fourth-order valence-electron chi connectivity index (χ4n) is 3.73. The highest BCUT2D eigenvalue weighted by molar-refractivity contribution is 5.99. The molecule has 3 N–H and O–H groups in total. The summed E-state index contributed by atoms with van der Waals surface area (Å²) >= 11 is 0. The van der Waals surface area contributed by atoms with Crippen LogP contribution in [0.5, 0.6) is 0 Å². The van der Waals surface area contributed by atoms with E-state index in [4.69, 9.17) is 0 Å². The van der Waals surface area contributed by atoms with Gasteiger partial charge in [0.1, 0.15) is 5.69 Å². The average Bonchev–Trinajstić information content (AvgIpc) is 3.51. The van der Waals surface area contributed by atoms with Crippen molar-refractivity contribution in [2.45, 2.75) is 6.92 Å². The lowest BCUT2D eigenvalue weighted by Crippen LogP contribution is -1.91. The molecule has 5 aromatic heterocycles. The third-order valence-corrected chi connectivity index (χ3v) is 5.16. The largest absolute Gasteiger partial charge is 0.352 e. The van der Waals surface area contributed by atoms with Gasteiger partial charge in [-0.05, 0) is 30.7 Å². The Balaban J connectivity index is 1.53. The highest BCUT2D eigenvalue weighted by Gasteiger charge is 2.14. The predicted molar refractivity (Wildman–Crippen MR) is 111 cm³/mol. The van der Waals surface area contributed by atoms with Crippen LogP contribution in [0.25, 0.3) is 50.0 Å². The molecule has 0 aliphatic rings. The van der Waals surface area contributed by atoms with Gasteiger partial charge in [-0.25, -0.2) is 4.98 Å². The minimum Gasteiger partial charge on any atom is -0.352 e. The van der Waals surface area contributed by atoms with Gasteiger partial charge in [-0.2, -0.15) is 10.2 Å². The standard InChI is InChI=1S/C21H16N8/c1-12-10-29(11-23-12)20-9-22-8-19-15(20)5-18(26-19)21-16-4-13(14-6-24-25-7-14)2-3-17(16)27-28-21/h2-11,26H,1H3,(H,24,25)(H,27,28). The molecule has 8 nitrogen and oxygen atoms in total. The summed E-state index contributed by atoms with van der Waals surface area (Å²) in [5.74, 6) is 0. The lowest BCUT2D eigenvalue weighted by Gasteiger charge is -2.02. The van der Waals surface area contributed by atoms with E-state index in [1.165, 1.54) is 0 Å². The van der Waals surface area contributed by atoms with Crippen LogP contribution in [-0.4, -0.2) is 39.9 Å². The second-order valence-electron chi connectivity index (χ2n) is 7.04. The number of aryl methyl sites for hydroxylation is 1. The average molecular weight is 380 g/mol. The van der Waals surface area contributed by atoms with E-state index >= 15 is 0 Å². The normalized spacial score (nSPS) is 11.6. The van der Waals surface area contributed by atoms with Crippen LogP contribution in [0.2, 0.25) is 0 Å². The third kappa shape index (κ3) is 2.46. The molecule has 1 aromatic carbocycles. The molecule has 5 heterocycles. The molecule has 29 heavy (non-hydrogen) atoms. The molecule has 8 heteroatoms. The zero-order valence-electron chi connectivity index (χ0n) is 15.5. The molecule has 0 atom stereocenters. The Morgan fingerprint density at radius 1 is 0.966 bits per heavy atom. The van der Waals surface area contributed by atoms with Gasteiger partial charge in [0.2, 0.25) is 0 Å². The first-order chi connectivity index (χ1) is 14.3. The van der Waals surface area contributed by atoms with E-state index in [1.54, 1.807) is 6.33 Å². The molecule has 0 aliphatic heterocycles. The number of hydrogen-bond donors (Lipinski definition) is 3. The van der Waals surface area contributed by atoms with Crippen molar-refractivity contribution in [2.75, 3.05) is 0 Å². The van der Waals surface area contributed by atoms with Gasteiger partial charge < -0.3 is 9.55 Å². The Bertz CT molecular complexity index is 1470. The highest BCUT2D eigenvalue weighted by atomic mass is 15.1. The Morgan fingerprint density at radius 2 is 1.93 bits per heavy atom. The number of pyridine rings is 1. The van der Waals surface area contributed by atoms with E-state index in [9.17, 15) is 0 Å². The summed E-state index contributed by atoms with van der Waals surface area (Å²) in [6.07, 6.45) is 11.2. The maximum Gasteiger partial charge on any atom is 0.116 e. The van der Waals surface area contributed by atoms with Gasteiger partial charge in [-0.1, -0.05) is 6.07 Å². The van der Waals surface area contributed by atoms with Crippen molar-refractivity contribution >= 4 is 21.8 Å². The molecule has 0 unspecified atom stereocenters. The first-order valence-electron chi connectivity index (χ1n) is 9.21. The summed E-state index contributed by atoms with van der Waals surface area (Å²) in [5.41, 5.74) is 7.79. The zero-order chi connectivity index (χ0) is 19.4. The number of H-pyrrole nitrogens is 3. The second kappa shape index (κ2) is 5.90. The highest BCUT2D eigenvalue weighted by Crippen LogP contribution is 2.32. The van der Waals surface area contributed by atoms with Crippen LogP contribution in [0.15, 0.2) is 61.6 Å². The quantitative estimate of drug-likeness (QED) is 0.432. The second-order valence-corrected chi connectivity index (χ2v) is 7.04. The smallest absolute Gasteiger partial charge is 0.116 e. The maximum atomic E-state index is 4.57. The Kier molecular flexibility index (Phi) is 3.22. The number of fused-ring (bicyclic) bond motifs is 2. The van der Waals surface area contributed by atoms with Gasteiger partial charge in [0.25, 0.3) is 0 Å². The van der Waals surface area contributed by atoms with Crippen LogP contribution in [0.1, 0.15) is 5.69 Å². The molecule has 0 radical (unpaired) electrons. The molecule has 0 spiro atoms. The number of benzene rings is 1. The van der Waals surface area contributed by atoms with Crippen LogP contribution in [-0.2, 0) is 0 Å². The first-order valence-corrected chi connectivity index (χ1v) is 9.21. The van der Waals surface area contributed by atoms with E-state index in [2.05, 4.69) is 53.5 Å². The Labute approximate surface area is 164 Å². The van der Waals surface area contributed by atoms with E-state index in [1.807, 2.05) is 48.5 Å². The zero-order valence-corrected chi connectivity index (χ0v) is 15.5. The van der Waals surface area contributed by atoms with Gasteiger partial charge in [-0.3, -0.25) is 15.2 Å². The minimum atomic E-state index is 0.870. The van der Waals surface area contributed by atoms with E-state index < -0.39 is 0 Å². The van der Waals surface area contributed by atoms with Crippen molar-refractivity contribution in [3.63, 3.8) is 0 Å². The van der Waals surface area contributed by atoms with Crippen molar-refractivity contribution < 1.29 is 0 Å². The minimum absolute atomic E-state index is 0.870. The third-order valence-electron chi connectivity index (χ3n) is 5.16. The molecule has 0 amide bonds. The van der Waals surface area contributed by atoms with E-state index in [0.717, 1.165) is 55.7 Å². The molecule has 6 aromatic rings. The summed E-state index contributed by atoms with van der Waals surface area (Å²) < 4.78 is 1.99. The van der Waals surface area contributed by atoms with Gasteiger partial charge in [0, 0.05) is 28.7 Å². The topological polar surface area (TPSA) is 104 Å². The van der Waals surface area contributed by atoms with Crippen molar-refractivity contribution in [1.82, 2.24) is 39.9 Å². The van der Waals surface area contributed by atoms with Crippen LogP contribution in [0, 0.1) is 6.92 Å². The van der Waals surface area contributed by atoms with Gasteiger partial charge >= 0.3 is 0 Å².